The number of ether oxygens (including phenoxy) is 1. The molecule has 5 nitrogen and oxygen atoms in total. The van der Waals surface area contributed by atoms with Crippen LogP contribution in [-0.2, 0) is 21.5 Å². The van der Waals surface area contributed by atoms with Crippen molar-refractivity contribution < 1.29 is 14.3 Å². The van der Waals surface area contributed by atoms with E-state index in [1.807, 2.05) is 66.4 Å². The Morgan fingerprint density at radius 1 is 1.07 bits per heavy atom. The summed E-state index contributed by atoms with van der Waals surface area (Å²) in [6, 6.07) is 17.6. The maximum atomic E-state index is 13.4. The molecule has 0 aliphatic carbocycles. The van der Waals surface area contributed by atoms with Crippen molar-refractivity contribution in [3.05, 3.63) is 77.9 Å². The lowest BCUT2D eigenvalue weighted by Crippen LogP contribution is -2.52. The van der Waals surface area contributed by atoms with Crippen LogP contribution in [0.15, 0.2) is 66.7 Å². The summed E-state index contributed by atoms with van der Waals surface area (Å²) in [6.45, 7) is 3.42. The van der Waals surface area contributed by atoms with Crippen molar-refractivity contribution >= 4 is 11.8 Å². The average Bonchev–Trinajstić information content (AvgIpc) is 2.78. The summed E-state index contributed by atoms with van der Waals surface area (Å²) >= 11 is 0. The second-order valence-corrected chi connectivity index (χ2v) is 7.30. The Balaban J connectivity index is 1.75. The topological polar surface area (TPSA) is 58.6 Å². The summed E-state index contributed by atoms with van der Waals surface area (Å²) < 4.78 is 5.19. The maximum Gasteiger partial charge on any atom is 0.246 e. The van der Waals surface area contributed by atoms with Gasteiger partial charge < -0.3 is 15.0 Å². The van der Waals surface area contributed by atoms with E-state index in [4.69, 9.17) is 4.74 Å². The Labute approximate surface area is 172 Å². The van der Waals surface area contributed by atoms with Gasteiger partial charge in [0.25, 0.3) is 0 Å². The number of carbonyl (C=O) groups excluding carboxylic acids is 2. The van der Waals surface area contributed by atoms with Gasteiger partial charge in [-0.15, -0.1) is 0 Å². The van der Waals surface area contributed by atoms with Crippen molar-refractivity contribution in [1.29, 1.82) is 0 Å². The van der Waals surface area contributed by atoms with Gasteiger partial charge in [-0.25, -0.2) is 0 Å². The van der Waals surface area contributed by atoms with E-state index >= 15 is 0 Å². The molecule has 1 saturated heterocycles. The Kier molecular flexibility index (Phi) is 6.70. The van der Waals surface area contributed by atoms with Crippen LogP contribution < -0.4 is 10.1 Å². The zero-order chi connectivity index (χ0) is 20.7. The van der Waals surface area contributed by atoms with E-state index < -0.39 is 5.41 Å². The number of allylic oxidation sites excluding steroid dienone is 1. The van der Waals surface area contributed by atoms with E-state index in [9.17, 15) is 9.59 Å². The van der Waals surface area contributed by atoms with Crippen molar-refractivity contribution in [2.24, 2.45) is 0 Å². The van der Waals surface area contributed by atoms with Crippen molar-refractivity contribution in [2.45, 2.75) is 31.7 Å². The van der Waals surface area contributed by atoms with E-state index in [1.54, 1.807) is 19.3 Å². The molecule has 1 aliphatic rings. The number of amides is 2. The number of nitrogens with one attached hydrogen (secondary N) is 1. The third kappa shape index (κ3) is 4.67. The highest BCUT2D eigenvalue weighted by molar-refractivity contribution is 5.90. The van der Waals surface area contributed by atoms with Crippen LogP contribution in [0.25, 0.3) is 0 Å². The predicted molar refractivity (Wildman–Crippen MR) is 114 cm³/mol. The van der Waals surface area contributed by atoms with Gasteiger partial charge in [0.2, 0.25) is 11.8 Å². The van der Waals surface area contributed by atoms with Crippen LogP contribution in [0.5, 0.6) is 5.75 Å². The lowest BCUT2D eigenvalue weighted by atomic mass is 9.72. The molecule has 5 heteroatoms. The number of carbonyl (C=O) groups is 2. The summed E-state index contributed by atoms with van der Waals surface area (Å²) in [5.74, 6) is 0.810. The van der Waals surface area contributed by atoms with Crippen molar-refractivity contribution in [1.82, 2.24) is 10.2 Å². The first-order chi connectivity index (χ1) is 14.1. The molecule has 2 aromatic carbocycles. The van der Waals surface area contributed by atoms with Crippen LogP contribution >= 0.6 is 0 Å². The Morgan fingerprint density at radius 3 is 2.31 bits per heavy atom. The normalized spacial score (nSPS) is 15.9. The molecule has 0 atom stereocenters. The molecule has 1 N–H and O–H groups in total. The van der Waals surface area contributed by atoms with E-state index in [0.717, 1.165) is 16.9 Å². The molecule has 2 aromatic rings. The molecule has 0 spiro atoms. The average molecular weight is 392 g/mol. The third-order valence-corrected chi connectivity index (χ3v) is 5.61. The number of benzene rings is 2. The van der Waals surface area contributed by atoms with Crippen molar-refractivity contribution in [2.75, 3.05) is 20.2 Å². The van der Waals surface area contributed by atoms with Crippen molar-refractivity contribution in [3.8, 4) is 5.75 Å². The number of piperidine rings is 1. The number of rotatable bonds is 6. The van der Waals surface area contributed by atoms with Crippen LogP contribution in [0.3, 0.4) is 0 Å². The highest BCUT2D eigenvalue weighted by Crippen LogP contribution is 2.36. The number of hydrogen-bond donors (Lipinski definition) is 1. The van der Waals surface area contributed by atoms with Gasteiger partial charge in [0.15, 0.2) is 0 Å². The molecule has 2 amide bonds. The molecule has 0 aromatic heterocycles. The fraction of sp³-hybridized carbons (Fsp3) is 0.333. The second-order valence-electron chi connectivity index (χ2n) is 7.30. The molecule has 0 unspecified atom stereocenters. The molecular formula is C24H28N2O3. The molecule has 3 rings (SSSR count). The van der Waals surface area contributed by atoms with Crippen LogP contribution in [0.4, 0.5) is 0 Å². The van der Waals surface area contributed by atoms with Gasteiger partial charge in [-0.1, -0.05) is 48.5 Å². The van der Waals surface area contributed by atoms with Gasteiger partial charge in [-0.2, -0.15) is 0 Å². The fourth-order valence-corrected chi connectivity index (χ4v) is 3.86. The van der Waals surface area contributed by atoms with Crippen LogP contribution in [-0.4, -0.2) is 36.9 Å². The van der Waals surface area contributed by atoms with Crippen LogP contribution in [0, 0.1) is 0 Å². The van der Waals surface area contributed by atoms with Gasteiger partial charge in [0, 0.05) is 19.6 Å². The predicted octanol–water partition coefficient (Wildman–Crippen LogP) is 3.45. The van der Waals surface area contributed by atoms with Gasteiger partial charge in [-0.05, 0) is 49.1 Å². The minimum atomic E-state index is -0.625. The first-order valence-electron chi connectivity index (χ1n) is 9.97. The summed E-state index contributed by atoms with van der Waals surface area (Å²) in [4.78, 5) is 27.4. The molecule has 29 heavy (non-hydrogen) atoms. The zero-order valence-corrected chi connectivity index (χ0v) is 17.1. The number of likely N-dealkylation sites (tertiary alicyclic amines) is 1. The summed E-state index contributed by atoms with van der Waals surface area (Å²) in [7, 11) is 1.63. The molecule has 1 aliphatic heterocycles. The molecule has 0 bridgehead atoms. The summed E-state index contributed by atoms with van der Waals surface area (Å²) in [6.07, 6.45) is 4.55. The monoisotopic (exact) mass is 392 g/mol. The first-order valence-corrected chi connectivity index (χ1v) is 9.97. The Morgan fingerprint density at radius 2 is 1.72 bits per heavy atom. The number of nitrogens with zero attached hydrogens (tertiary/aromatic N) is 1. The Hall–Kier alpha value is -3.08. The highest BCUT2D eigenvalue weighted by atomic mass is 16.5. The number of hydrogen-bond acceptors (Lipinski definition) is 3. The minimum Gasteiger partial charge on any atom is -0.497 e. The fourth-order valence-electron chi connectivity index (χ4n) is 3.86. The molecule has 152 valence electrons. The van der Waals surface area contributed by atoms with E-state index in [-0.39, 0.29) is 11.8 Å². The highest BCUT2D eigenvalue weighted by Gasteiger charge is 2.43. The zero-order valence-electron chi connectivity index (χ0n) is 17.1. The van der Waals surface area contributed by atoms with Gasteiger partial charge in [-0.3, -0.25) is 9.59 Å². The van der Waals surface area contributed by atoms with E-state index in [2.05, 4.69) is 5.32 Å². The Bertz CT molecular complexity index is 851. The lowest BCUT2D eigenvalue weighted by molar-refractivity contribution is -0.134. The van der Waals surface area contributed by atoms with Gasteiger partial charge in [0.1, 0.15) is 5.75 Å². The number of methoxy groups -OCH3 is 1. The van der Waals surface area contributed by atoms with Gasteiger partial charge in [0.05, 0.1) is 12.5 Å². The van der Waals surface area contributed by atoms with Gasteiger partial charge >= 0.3 is 0 Å². The molecule has 1 heterocycles. The standard InChI is InChI=1S/C24H28N2O3/c1-3-7-22(27)26-16-14-24(15-17-26,20-8-5-4-6-9-20)23(28)25-18-19-10-12-21(29-2)13-11-19/h3-13H,14-18H2,1-2H3,(H,25,28)/b7-3+. The summed E-state index contributed by atoms with van der Waals surface area (Å²) in [5.41, 5.74) is 1.40. The van der Waals surface area contributed by atoms with E-state index in [0.29, 0.717) is 32.5 Å². The maximum absolute atomic E-state index is 13.4. The van der Waals surface area contributed by atoms with Crippen LogP contribution in [0.1, 0.15) is 30.9 Å². The lowest BCUT2D eigenvalue weighted by Gasteiger charge is -2.40. The largest absolute Gasteiger partial charge is 0.497 e. The molecular weight excluding hydrogens is 364 g/mol. The van der Waals surface area contributed by atoms with E-state index in [1.165, 1.54) is 0 Å². The second kappa shape index (κ2) is 9.41. The first kappa shape index (κ1) is 20.6. The third-order valence-electron chi connectivity index (χ3n) is 5.61. The van der Waals surface area contributed by atoms with Crippen LogP contribution in [0.2, 0.25) is 0 Å². The SMILES string of the molecule is C/C=C/C(=O)N1CCC(C(=O)NCc2ccc(OC)cc2)(c2ccccc2)CC1. The molecule has 1 fully saturated rings. The quantitative estimate of drug-likeness (QED) is 0.766. The summed E-state index contributed by atoms with van der Waals surface area (Å²) in [5, 5.41) is 3.12. The molecule has 0 saturated carbocycles. The van der Waals surface area contributed by atoms with Crippen molar-refractivity contribution in [3.63, 3.8) is 0 Å². The smallest absolute Gasteiger partial charge is 0.246 e. The minimum absolute atomic E-state index is 0.00722. The molecule has 0 radical (unpaired) electrons.